The second kappa shape index (κ2) is 7.69. The fourth-order valence-electron chi connectivity index (χ4n) is 3.06. The van der Waals surface area contributed by atoms with E-state index < -0.39 is 6.10 Å². The molecule has 1 aromatic carbocycles. The van der Waals surface area contributed by atoms with Crippen molar-refractivity contribution in [2.75, 3.05) is 13.2 Å². The Morgan fingerprint density at radius 2 is 2.29 bits per heavy atom. The third-order valence-corrected chi connectivity index (χ3v) is 5.53. The number of ether oxygens (including phenoxy) is 2. The lowest BCUT2D eigenvalue weighted by atomic mass is 10.1. The first-order valence-corrected chi connectivity index (χ1v) is 9.91. The van der Waals surface area contributed by atoms with E-state index >= 15 is 0 Å². The standard InChI is InChI=1S/C19H21N5O3S/c1-11(2)24-18(21-10-22-24)19-23-17-14-4-3-12(27-13(8-20)9-25)7-15(14)26-6-5-16(17)28-19/h3-4,7,9-11,13H,5-6,8,20H2,1-2H3. The van der Waals surface area contributed by atoms with Crippen LogP contribution in [-0.4, -0.2) is 45.3 Å². The highest BCUT2D eigenvalue weighted by molar-refractivity contribution is 7.15. The number of aldehydes is 1. The van der Waals surface area contributed by atoms with Crippen LogP contribution in [0.2, 0.25) is 0 Å². The van der Waals surface area contributed by atoms with Gasteiger partial charge < -0.3 is 15.2 Å². The number of aromatic nitrogens is 4. The summed E-state index contributed by atoms with van der Waals surface area (Å²) in [5.41, 5.74) is 7.32. The maximum Gasteiger partial charge on any atom is 0.187 e. The quantitative estimate of drug-likeness (QED) is 0.635. The zero-order chi connectivity index (χ0) is 19.7. The third-order valence-electron chi connectivity index (χ3n) is 4.42. The van der Waals surface area contributed by atoms with Gasteiger partial charge in [0.1, 0.15) is 17.8 Å². The SMILES string of the molecule is CC(C)n1ncnc1-c1nc2c(s1)CCOc1cc(OC(C=O)CN)ccc1-2. The number of nitrogens with zero attached hydrogens (tertiary/aromatic N) is 4. The molecule has 2 aromatic heterocycles. The van der Waals surface area contributed by atoms with Crippen molar-refractivity contribution < 1.29 is 14.3 Å². The van der Waals surface area contributed by atoms with Crippen LogP contribution in [0, 0.1) is 0 Å². The second-order valence-corrected chi connectivity index (χ2v) is 7.78. The Morgan fingerprint density at radius 3 is 3.04 bits per heavy atom. The molecular formula is C19H21N5O3S. The van der Waals surface area contributed by atoms with E-state index in [1.807, 2.05) is 10.7 Å². The summed E-state index contributed by atoms with van der Waals surface area (Å²) in [5.74, 6) is 1.99. The van der Waals surface area contributed by atoms with Gasteiger partial charge in [-0.2, -0.15) is 5.10 Å². The smallest absolute Gasteiger partial charge is 0.187 e. The number of benzene rings is 1. The van der Waals surface area contributed by atoms with Gasteiger partial charge in [0.15, 0.2) is 23.2 Å². The summed E-state index contributed by atoms with van der Waals surface area (Å²) in [6, 6.07) is 5.69. The van der Waals surface area contributed by atoms with Gasteiger partial charge in [0, 0.05) is 35.5 Å². The van der Waals surface area contributed by atoms with Crippen LogP contribution in [0.15, 0.2) is 24.5 Å². The molecule has 0 spiro atoms. The van der Waals surface area contributed by atoms with E-state index in [0.29, 0.717) is 24.4 Å². The van der Waals surface area contributed by atoms with E-state index in [9.17, 15) is 4.79 Å². The minimum atomic E-state index is -0.673. The van der Waals surface area contributed by atoms with Gasteiger partial charge in [0.05, 0.1) is 12.3 Å². The van der Waals surface area contributed by atoms with Crippen LogP contribution in [-0.2, 0) is 11.2 Å². The largest absolute Gasteiger partial charge is 0.492 e. The van der Waals surface area contributed by atoms with Crippen molar-refractivity contribution >= 4 is 17.6 Å². The first-order chi connectivity index (χ1) is 13.6. The van der Waals surface area contributed by atoms with E-state index in [0.717, 1.165) is 33.4 Å². The summed E-state index contributed by atoms with van der Waals surface area (Å²) in [5, 5.41) is 5.15. The highest BCUT2D eigenvalue weighted by Crippen LogP contribution is 2.41. The molecule has 0 fully saturated rings. The first kappa shape index (κ1) is 18.6. The van der Waals surface area contributed by atoms with Crippen molar-refractivity contribution in [2.45, 2.75) is 32.4 Å². The Bertz CT molecular complexity index is 997. The highest BCUT2D eigenvalue weighted by Gasteiger charge is 2.24. The van der Waals surface area contributed by atoms with Gasteiger partial charge in [0.25, 0.3) is 0 Å². The molecule has 1 aliphatic rings. The summed E-state index contributed by atoms with van der Waals surface area (Å²) in [7, 11) is 0. The second-order valence-electron chi connectivity index (χ2n) is 6.70. The number of carbonyl (C=O) groups is 1. The van der Waals surface area contributed by atoms with Crippen molar-refractivity contribution in [3.63, 3.8) is 0 Å². The predicted molar refractivity (Wildman–Crippen MR) is 106 cm³/mol. The van der Waals surface area contributed by atoms with Crippen LogP contribution in [0.25, 0.3) is 22.1 Å². The maximum atomic E-state index is 11.0. The number of fused-ring (bicyclic) bond motifs is 3. The molecule has 0 bridgehead atoms. The molecule has 4 rings (SSSR count). The molecule has 0 amide bonds. The number of nitrogens with two attached hydrogens (primary N) is 1. The Balaban J connectivity index is 1.72. The zero-order valence-electron chi connectivity index (χ0n) is 15.7. The van der Waals surface area contributed by atoms with Gasteiger partial charge >= 0.3 is 0 Å². The van der Waals surface area contributed by atoms with Crippen molar-refractivity contribution in [1.82, 2.24) is 19.7 Å². The van der Waals surface area contributed by atoms with Crippen molar-refractivity contribution in [3.05, 3.63) is 29.4 Å². The molecule has 3 aromatic rings. The molecule has 1 aliphatic heterocycles. The first-order valence-electron chi connectivity index (χ1n) is 9.09. The normalized spacial score (nSPS) is 14.0. The van der Waals surface area contributed by atoms with Crippen LogP contribution >= 0.6 is 11.3 Å². The number of thiazole rings is 1. The average molecular weight is 399 g/mol. The molecule has 1 unspecified atom stereocenters. The molecule has 1 atom stereocenters. The Labute approximate surface area is 166 Å². The van der Waals surface area contributed by atoms with Crippen LogP contribution in [0.4, 0.5) is 0 Å². The van der Waals surface area contributed by atoms with Gasteiger partial charge in [-0.1, -0.05) is 0 Å². The number of rotatable bonds is 6. The van der Waals surface area contributed by atoms with Crippen molar-refractivity contribution in [2.24, 2.45) is 5.73 Å². The van der Waals surface area contributed by atoms with Gasteiger partial charge in [-0.3, -0.25) is 4.79 Å². The molecular weight excluding hydrogens is 378 g/mol. The molecule has 0 saturated heterocycles. The van der Waals surface area contributed by atoms with Gasteiger partial charge in [-0.05, 0) is 26.0 Å². The molecule has 0 radical (unpaired) electrons. The van der Waals surface area contributed by atoms with Crippen LogP contribution in [0.1, 0.15) is 24.8 Å². The third kappa shape index (κ3) is 3.38. The highest BCUT2D eigenvalue weighted by atomic mass is 32.1. The van der Waals surface area contributed by atoms with Crippen LogP contribution < -0.4 is 15.2 Å². The van der Waals surface area contributed by atoms with E-state index in [2.05, 4.69) is 23.9 Å². The van der Waals surface area contributed by atoms with Crippen LogP contribution in [0.3, 0.4) is 0 Å². The predicted octanol–water partition coefficient (Wildman–Crippen LogP) is 2.49. The fraction of sp³-hybridized carbons (Fsp3) is 0.368. The lowest BCUT2D eigenvalue weighted by Crippen LogP contribution is -2.27. The summed E-state index contributed by atoms with van der Waals surface area (Å²) < 4.78 is 13.4. The molecule has 28 heavy (non-hydrogen) atoms. The Kier molecular flexibility index (Phi) is 5.10. The molecule has 8 nitrogen and oxygen atoms in total. The zero-order valence-corrected chi connectivity index (χ0v) is 16.5. The van der Waals surface area contributed by atoms with E-state index in [1.165, 1.54) is 0 Å². The molecule has 3 heterocycles. The lowest BCUT2D eigenvalue weighted by molar-refractivity contribution is -0.113. The lowest BCUT2D eigenvalue weighted by Gasteiger charge is -2.14. The van der Waals surface area contributed by atoms with E-state index in [-0.39, 0.29) is 12.6 Å². The summed E-state index contributed by atoms with van der Waals surface area (Å²) in [6.07, 6.45) is 2.34. The summed E-state index contributed by atoms with van der Waals surface area (Å²) >= 11 is 1.62. The number of hydrogen-bond acceptors (Lipinski definition) is 8. The molecule has 0 saturated carbocycles. The Morgan fingerprint density at radius 1 is 1.43 bits per heavy atom. The maximum absolute atomic E-state index is 11.0. The summed E-state index contributed by atoms with van der Waals surface area (Å²) in [6.45, 7) is 4.79. The molecule has 146 valence electrons. The van der Waals surface area contributed by atoms with Crippen molar-refractivity contribution in [3.8, 4) is 33.6 Å². The van der Waals surface area contributed by atoms with Gasteiger partial charge in [-0.25, -0.2) is 14.6 Å². The monoisotopic (exact) mass is 399 g/mol. The van der Waals surface area contributed by atoms with Crippen LogP contribution in [0.5, 0.6) is 11.5 Å². The summed E-state index contributed by atoms with van der Waals surface area (Å²) in [4.78, 5) is 21.4. The average Bonchev–Trinajstić information content (AvgIpc) is 3.30. The van der Waals surface area contributed by atoms with Crippen molar-refractivity contribution in [1.29, 1.82) is 0 Å². The van der Waals surface area contributed by atoms with Gasteiger partial charge in [0.2, 0.25) is 0 Å². The number of hydrogen-bond donors (Lipinski definition) is 1. The molecule has 0 aliphatic carbocycles. The minimum absolute atomic E-state index is 0.123. The minimum Gasteiger partial charge on any atom is -0.492 e. The molecule has 9 heteroatoms. The fourth-order valence-corrected chi connectivity index (χ4v) is 4.10. The van der Waals surface area contributed by atoms with E-state index in [1.54, 1.807) is 29.8 Å². The number of carbonyl (C=O) groups excluding carboxylic acids is 1. The topological polar surface area (TPSA) is 105 Å². The van der Waals surface area contributed by atoms with E-state index in [4.69, 9.17) is 20.2 Å². The van der Waals surface area contributed by atoms with Gasteiger partial charge in [-0.15, -0.1) is 11.3 Å². The molecule has 2 N–H and O–H groups in total. The Hall–Kier alpha value is -2.78.